The second kappa shape index (κ2) is 14.7. The van der Waals surface area contributed by atoms with E-state index in [1.54, 1.807) is 54.8 Å². The van der Waals surface area contributed by atoms with Crippen molar-refractivity contribution in [3.8, 4) is 12.0 Å². The van der Waals surface area contributed by atoms with Crippen LogP contribution in [0.25, 0.3) is 0 Å². The van der Waals surface area contributed by atoms with Gasteiger partial charge >= 0.3 is 0 Å². The molecular formula is C30H20N4O4. The lowest BCUT2D eigenvalue weighted by molar-refractivity contribution is 0.507. The first-order valence-electron chi connectivity index (χ1n) is 11.3. The molecule has 0 N–H and O–H groups in total. The Hall–Kier alpha value is -5.69. The van der Waals surface area contributed by atoms with E-state index in [1.807, 2.05) is 54.6 Å². The van der Waals surface area contributed by atoms with Crippen molar-refractivity contribution in [2.45, 2.75) is 12.8 Å². The lowest BCUT2D eigenvalue weighted by Gasteiger charge is -2.04. The topological polar surface area (TPSA) is 121 Å². The standard InChI is InChI=1S/2C15H10N2O2/c16-10-19-15-7-3-13(4-8-15)9-12-1-5-14(6-2-12)17-11-18;18-10-16-14-7-5-12(6-8-14)9-13-3-1-2-4-15(13)17-11-19/h2*1-8H,9H2. The van der Waals surface area contributed by atoms with E-state index < -0.39 is 0 Å². The smallest absolute Gasteiger partial charge is 0.292 e. The minimum Gasteiger partial charge on any atom is -0.388 e. The highest BCUT2D eigenvalue weighted by molar-refractivity contribution is 5.55. The summed E-state index contributed by atoms with van der Waals surface area (Å²) in [4.78, 5) is 41.3. The Morgan fingerprint density at radius 3 is 1.55 bits per heavy atom. The Labute approximate surface area is 218 Å². The number of hydrogen-bond donors (Lipinski definition) is 0. The summed E-state index contributed by atoms with van der Waals surface area (Å²) >= 11 is 0. The van der Waals surface area contributed by atoms with Crippen molar-refractivity contribution in [3.63, 3.8) is 0 Å². The summed E-state index contributed by atoms with van der Waals surface area (Å²) < 4.78 is 4.71. The molecule has 0 unspecified atom stereocenters. The van der Waals surface area contributed by atoms with E-state index in [9.17, 15) is 14.4 Å². The number of para-hydroxylation sites is 1. The zero-order valence-electron chi connectivity index (χ0n) is 20.1. The molecule has 0 saturated heterocycles. The van der Waals surface area contributed by atoms with Crippen molar-refractivity contribution in [1.29, 1.82) is 5.26 Å². The summed E-state index contributed by atoms with van der Waals surface area (Å²) in [5, 5.41) is 8.39. The van der Waals surface area contributed by atoms with Gasteiger partial charge in [0.1, 0.15) is 5.75 Å². The van der Waals surface area contributed by atoms with Crippen molar-refractivity contribution in [3.05, 3.63) is 119 Å². The molecule has 0 atom stereocenters. The first-order chi connectivity index (χ1) is 18.6. The van der Waals surface area contributed by atoms with Crippen LogP contribution in [-0.2, 0) is 27.2 Å². The maximum absolute atomic E-state index is 10.4. The summed E-state index contributed by atoms with van der Waals surface area (Å²) in [7, 11) is 0. The molecule has 0 saturated carbocycles. The van der Waals surface area contributed by atoms with Gasteiger partial charge in [0.25, 0.3) is 6.26 Å². The monoisotopic (exact) mass is 500 g/mol. The number of aliphatic imine (C=N–C) groups is 3. The molecule has 4 aromatic carbocycles. The summed E-state index contributed by atoms with van der Waals surface area (Å²) in [6.07, 6.45) is 7.59. The number of carbonyl (C=O) groups excluding carboxylic acids is 3. The molecule has 0 heterocycles. The minimum absolute atomic E-state index is 0.530. The van der Waals surface area contributed by atoms with E-state index in [0.717, 1.165) is 28.7 Å². The number of nitrogens with zero attached hydrogens (tertiary/aromatic N) is 4. The van der Waals surface area contributed by atoms with Gasteiger partial charge in [-0.1, -0.05) is 54.6 Å². The van der Waals surface area contributed by atoms with Crippen molar-refractivity contribution in [1.82, 2.24) is 0 Å². The van der Waals surface area contributed by atoms with Gasteiger partial charge in [0, 0.05) is 0 Å². The number of nitriles is 1. The Bertz CT molecular complexity index is 1540. The molecule has 0 radical (unpaired) electrons. The van der Waals surface area contributed by atoms with E-state index in [1.165, 1.54) is 12.2 Å². The van der Waals surface area contributed by atoms with Crippen LogP contribution in [0.2, 0.25) is 0 Å². The molecule has 4 aromatic rings. The normalized spacial score (nSPS) is 9.24. The summed E-state index contributed by atoms with van der Waals surface area (Å²) in [6, 6.07) is 29.3. The van der Waals surface area contributed by atoms with Gasteiger partial charge in [-0.2, -0.15) is 15.0 Å². The molecular weight excluding hydrogens is 480 g/mol. The maximum Gasteiger partial charge on any atom is 0.292 e. The lowest BCUT2D eigenvalue weighted by atomic mass is 10.0. The van der Waals surface area contributed by atoms with Crippen LogP contribution in [0.5, 0.6) is 5.75 Å². The van der Waals surface area contributed by atoms with E-state index in [2.05, 4.69) is 15.0 Å². The minimum atomic E-state index is 0.530. The lowest BCUT2D eigenvalue weighted by Crippen LogP contribution is -1.88. The predicted octanol–water partition coefficient (Wildman–Crippen LogP) is 6.32. The van der Waals surface area contributed by atoms with Gasteiger partial charge in [-0.25, -0.2) is 14.4 Å². The highest BCUT2D eigenvalue weighted by Gasteiger charge is 2.02. The third-order valence-corrected chi connectivity index (χ3v) is 5.27. The maximum atomic E-state index is 10.4. The van der Waals surface area contributed by atoms with Crippen LogP contribution in [0.4, 0.5) is 17.1 Å². The largest absolute Gasteiger partial charge is 0.388 e. The van der Waals surface area contributed by atoms with Crippen LogP contribution in [0.15, 0.2) is 112 Å². The molecule has 0 fully saturated rings. The van der Waals surface area contributed by atoms with E-state index in [4.69, 9.17) is 10.00 Å². The molecule has 8 heteroatoms. The van der Waals surface area contributed by atoms with Crippen LogP contribution in [-0.4, -0.2) is 18.2 Å². The summed E-state index contributed by atoms with van der Waals surface area (Å²) in [5.74, 6) is 0.530. The fourth-order valence-corrected chi connectivity index (χ4v) is 3.48. The number of ether oxygens (including phenoxy) is 1. The Balaban J connectivity index is 0.000000211. The third-order valence-electron chi connectivity index (χ3n) is 5.27. The average Bonchev–Trinajstić information content (AvgIpc) is 2.94. The molecule has 0 amide bonds. The second-order valence-corrected chi connectivity index (χ2v) is 7.76. The molecule has 184 valence electrons. The first kappa shape index (κ1) is 26.9. The molecule has 38 heavy (non-hydrogen) atoms. The Kier molecular flexibility index (Phi) is 10.4. The van der Waals surface area contributed by atoms with Gasteiger partial charge in [-0.05, 0) is 77.6 Å². The average molecular weight is 501 g/mol. The van der Waals surface area contributed by atoms with Gasteiger partial charge in [0.05, 0.1) is 17.1 Å². The highest BCUT2D eigenvalue weighted by atomic mass is 16.5. The van der Waals surface area contributed by atoms with Crippen LogP contribution in [0.1, 0.15) is 22.3 Å². The highest BCUT2D eigenvalue weighted by Crippen LogP contribution is 2.22. The van der Waals surface area contributed by atoms with Crippen molar-refractivity contribution >= 4 is 35.3 Å². The Morgan fingerprint density at radius 2 is 1.05 bits per heavy atom. The zero-order chi connectivity index (χ0) is 27.0. The first-order valence-corrected chi connectivity index (χ1v) is 11.3. The van der Waals surface area contributed by atoms with Crippen molar-refractivity contribution in [2.24, 2.45) is 15.0 Å². The molecule has 0 bridgehead atoms. The van der Waals surface area contributed by atoms with Crippen LogP contribution in [0.3, 0.4) is 0 Å². The molecule has 8 nitrogen and oxygen atoms in total. The number of rotatable bonds is 8. The number of isocyanates is 3. The van der Waals surface area contributed by atoms with Crippen molar-refractivity contribution < 1.29 is 19.1 Å². The van der Waals surface area contributed by atoms with E-state index in [-0.39, 0.29) is 0 Å². The van der Waals surface area contributed by atoms with Gasteiger partial charge in [0.2, 0.25) is 18.2 Å². The fourth-order valence-electron chi connectivity index (χ4n) is 3.48. The summed E-state index contributed by atoms with van der Waals surface area (Å²) in [5.41, 5.74) is 5.98. The number of benzene rings is 4. The molecule has 0 aliphatic rings. The molecule has 4 rings (SSSR count). The van der Waals surface area contributed by atoms with Crippen LogP contribution in [0, 0.1) is 11.5 Å². The third kappa shape index (κ3) is 8.51. The SMILES string of the molecule is N#COc1ccc(Cc2ccc(N=C=O)cc2)cc1.O=C=Nc1ccc(Cc2ccccc2N=C=O)cc1. The second-order valence-electron chi connectivity index (χ2n) is 7.76. The van der Waals surface area contributed by atoms with Gasteiger partial charge in [-0.3, -0.25) is 0 Å². The van der Waals surface area contributed by atoms with E-state index >= 15 is 0 Å². The summed E-state index contributed by atoms with van der Waals surface area (Å²) in [6.45, 7) is 0. The quantitative estimate of drug-likeness (QED) is 0.159. The van der Waals surface area contributed by atoms with Gasteiger partial charge < -0.3 is 4.74 Å². The van der Waals surface area contributed by atoms with Crippen molar-refractivity contribution in [2.75, 3.05) is 0 Å². The molecule has 0 aromatic heterocycles. The fraction of sp³-hybridized carbons (Fsp3) is 0.0667. The molecule has 0 spiro atoms. The van der Waals surface area contributed by atoms with Crippen LogP contribution >= 0.6 is 0 Å². The van der Waals surface area contributed by atoms with Gasteiger partial charge in [0.15, 0.2) is 0 Å². The number of hydrogen-bond acceptors (Lipinski definition) is 8. The Morgan fingerprint density at radius 1 is 0.579 bits per heavy atom. The molecule has 0 aliphatic carbocycles. The van der Waals surface area contributed by atoms with Crippen LogP contribution < -0.4 is 4.74 Å². The van der Waals surface area contributed by atoms with E-state index in [0.29, 0.717) is 29.2 Å². The predicted molar refractivity (Wildman–Crippen MR) is 141 cm³/mol. The molecule has 0 aliphatic heterocycles. The zero-order valence-corrected chi connectivity index (χ0v) is 20.1. The van der Waals surface area contributed by atoms with Gasteiger partial charge in [-0.15, -0.1) is 5.26 Å².